The third kappa shape index (κ3) is 5.36. The quantitative estimate of drug-likeness (QED) is 0.492. The van der Waals surface area contributed by atoms with Crippen molar-refractivity contribution in [1.29, 1.82) is 0 Å². The van der Waals surface area contributed by atoms with Gasteiger partial charge in [-0.25, -0.2) is 4.79 Å². The smallest absolute Gasteiger partial charge is 0.320 e. The zero-order valence-electron chi connectivity index (χ0n) is 21.0. The summed E-state index contributed by atoms with van der Waals surface area (Å²) in [7, 11) is 3.30. The van der Waals surface area contributed by atoms with Gasteiger partial charge in [-0.15, -0.1) is 0 Å². The number of hydrogen-bond acceptors (Lipinski definition) is 6. The lowest BCUT2D eigenvalue weighted by molar-refractivity contribution is -0.143. The number of nitrogens with zero attached hydrogens (tertiary/aromatic N) is 2. The highest BCUT2D eigenvalue weighted by molar-refractivity contribution is 5.80. The van der Waals surface area contributed by atoms with Crippen molar-refractivity contribution in [3.05, 3.63) is 53.6 Å². The molecule has 9 nitrogen and oxygen atoms in total. The molecule has 0 bridgehead atoms. The summed E-state index contributed by atoms with van der Waals surface area (Å²) < 4.78 is 21.9. The Bertz CT molecular complexity index is 1060. The van der Waals surface area contributed by atoms with Crippen LogP contribution in [-0.2, 0) is 9.53 Å². The van der Waals surface area contributed by atoms with Gasteiger partial charge in [-0.05, 0) is 41.8 Å². The number of unbranched alkanes of at least 4 members (excludes halogenated alkanes) is 1. The minimum absolute atomic E-state index is 0.135. The number of methoxy groups -OCH3 is 1. The maximum atomic E-state index is 13.6. The Morgan fingerprint density at radius 1 is 1.08 bits per heavy atom. The molecule has 0 aliphatic carbocycles. The Morgan fingerprint density at radius 2 is 1.81 bits per heavy atom. The molecule has 4 rings (SSSR count). The predicted octanol–water partition coefficient (Wildman–Crippen LogP) is 4.13. The molecule has 194 valence electrons. The van der Waals surface area contributed by atoms with Gasteiger partial charge in [0.1, 0.15) is 5.75 Å². The van der Waals surface area contributed by atoms with Crippen molar-refractivity contribution in [2.24, 2.45) is 5.92 Å². The first-order valence-corrected chi connectivity index (χ1v) is 12.3. The Morgan fingerprint density at radius 3 is 2.50 bits per heavy atom. The SMILES string of the molecule is CCCCOCCN(C)C(=O)N1CC(c2ccc3c(c2)OCO3)[C@H](C(=O)O)[C@H]1c1ccc(OC)cc1. The van der Waals surface area contributed by atoms with Crippen LogP contribution in [-0.4, -0.2) is 74.2 Å². The molecule has 9 heteroatoms. The van der Waals surface area contributed by atoms with Crippen molar-refractivity contribution < 1.29 is 33.6 Å². The summed E-state index contributed by atoms with van der Waals surface area (Å²) in [4.78, 5) is 29.6. The molecule has 0 radical (unpaired) electrons. The Hall–Kier alpha value is -3.46. The van der Waals surface area contributed by atoms with Crippen LogP contribution in [0, 0.1) is 5.92 Å². The minimum atomic E-state index is -0.959. The van der Waals surface area contributed by atoms with Gasteiger partial charge in [0.2, 0.25) is 6.79 Å². The summed E-state index contributed by atoms with van der Waals surface area (Å²) in [5.74, 6) is -0.358. The number of carbonyl (C=O) groups excluding carboxylic acids is 1. The molecule has 0 saturated carbocycles. The predicted molar refractivity (Wildman–Crippen MR) is 133 cm³/mol. The van der Waals surface area contributed by atoms with E-state index in [9.17, 15) is 14.7 Å². The van der Waals surface area contributed by atoms with E-state index >= 15 is 0 Å². The number of hydrogen-bond donors (Lipinski definition) is 1. The van der Waals surface area contributed by atoms with Crippen LogP contribution in [0.3, 0.4) is 0 Å². The van der Waals surface area contributed by atoms with E-state index in [1.807, 2.05) is 24.3 Å². The van der Waals surface area contributed by atoms with Crippen molar-refractivity contribution in [2.75, 3.05) is 47.3 Å². The molecular formula is C27H34N2O7. The van der Waals surface area contributed by atoms with E-state index in [1.165, 1.54) is 0 Å². The number of fused-ring (bicyclic) bond motifs is 1. The number of likely N-dealkylation sites (tertiary alicyclic amines) is 1. The first kappa shape index (κ1) is 25.6. The molecule has 2 heterocycles. The second kappa shape index (κ2) is 11.5. The van der Waals surface area contributed by atoms with Crippen LogP contribution in [0.4, 0.5) is 4.79 Å². The maximum Gasteiger partial charge on any atom is 0.320 e. The monoisotopic (exact) mass is 498 g/mol. The van der Waals surface area contributed by atoms with Crippen molar-refractivity contribution in [3.63, 3.8) is 0 Å². The summed E-state index contributed by atoms with van der Waals surface area (Å²) in [5, 5.41) is 10.4. The third-order valence-corrected chi connectivity index (χ3v) is 6.86. The van der Waals surface area contributed by atoms with E-state index in [0.29, 0.717) is 37.0 Å². The van der Waals surface area contributed by atoms with Gasteiger partial charge in [0.15, 0.2) is 11.5 Å². The van der Waals surface area contributed by atoms with Crippen LogP contribution in [0.2, 0.25) is 0 Å². The standard InChI is InChI=1S/C27H34N2O7/c1-4-5-13-34-14-12-28(2)27(32)29-16-21(19-8-11-22-23(15-19)36-17-35-22)24(26(30)31)25(29)18-6-9-20(33-3)10-7-18/h6-11,15,21,24-25H,4-5,12-14,16-17H2,1-3H3,(H,30,31)/t21?,24-,25+/m0/s1. The normalized spacial score (nSPS) is 20.4. The van der Waals surface area contributed by atoms with Gasteiger partial charge in [0, 0.05) is 32.7 Å². The van der Waals surface area contributed by atoms with E-state index in [1.54, 1.807) is 42.2 Å². The Balaban J connectivity index is 1.64. The fraction of sp³-hybridized carbons (Fsp3) is 0.481. The topological polar surface area (TPSA) is 97.8 Å². The van der Waals surface area contributed by atoms with Crippen LogP contribution < -0.4 is 14.2 Å². The summed E-state index contributed by atoms with van der Waals surface area (Å²) in [5.41, 5.74) is 1.54. The van der Waals surface area contributed by atoms with Gasteiger partial charge in [-0.2, -0.15) is 0 Å². The molecule has 3 atom stereocenters. The first-order valence-electron chi connectivity index (χ1n) is 12.3. The van der Waals surface area contributed by atoms with E-state index in [-0.39, 0.29) is 19.4 Å². The number of carboxylic acid groups (broad SMARTS) is 1. The number of carbonyl (C=O) groups is 2. The van der Waals surface area contributed by atoms with E-state index < -0.39 is 23.8 Å². The van der Waals surface area contributed by atoms with E-state index in [4.69, 9.17) is 18.9 Å². The minimum Gasteiger partial charge on any atom is -0.497 e. The number of ether oxygens (including phenoxy) is 4. The van der Waals surface area contributed by atoms with Crippen LogP contribution >= 0.6 is 0 Å². The van der Waals surface area contributed by atoms with Crippen molar-refractivity contribution in [1.82, 2.24) is 9.80 Å². The molecule has 0 aromatic heterocycles. The summed E-state index contributed by atoms with van der Waals surface area (Å²) in [6, 6.07) is 11.8. The van der Waals surface area contributed by atoms with Gasteiger partial charge >= 0.3 is 12.0 Å². The molecule has 2 aliphatic heterocycles. The average molecular weight is 499 g/mol. The fourth-order valence-electron chi connectivity index (χ4n) is 4.87. The number of carboxylic acids is 1. The first-order chi connectivity index (χ1) is 17.4. The van der Waals surface area contributed by atoms with Gasteiger partial charge in [0.05, 0.1) is 25.7 Å². The number of urea groups is 1. The van der Waals surface area contributed by atoms with E-state index in [0.717, 1.165) is 24.0 Å². The molecule has 0 spiro atoms. The zero-order chi connectivity index (χ0) is 25.7. The molecule has 2 aromatic rings. The number of aliphatic carboxylic acids is 1. The molecule has 1 N–H and O–H groups in total. The van der Waals surface area contributed by atoms with Crippen LogP contribution in [0.15, 0.2) is 42.5 Å². The molecule has 36 heavy (non-hydrogen) atoms. The van der Waals surface area contributed by atoms with Crippen LogP contribution in [0.25, 0.3) is 0 Å². The largest absolute Gasteiger partial charge is 0.497 e. The number of likely N-dealkylation sites (N-methyl/N-ethyl adjacent to an activating group) is 1. The molecule has 2 amide bonds. The lowest BCUT2D eigenvalue weighted by Crippen LogP contribution is -2.43. The molecular weight excluding hydrogens is 464 g/mol. The Labute approximate surface area is 211 Å². The number of amides is 2. The van der Waals surface area contributed by atoms with Crippen LogP contribution in [0.1, 0.15) is 42.9 Å². The molecule has 1 fully saturated rings. The average Bonchev–Trinajstić information content (AvgIpc) is 3.52. The summed E-state index contributed by atoms with van der Waals surface area (Å²) in [6.07, 6.45) is 2.02. The van der Waals surface area contributed by atoms with Gasteiger partial charge in [-0.1, -0.05) is 31.5 Å². The Kier molecular flexibility index (Phi) is 8.20. The number of benzene rings is 2. The highest BCUT2D eigenvalue weighted by Crippen LogP contribution is 2.48. The molecule has 1 unspecified atom stereocenters. The second-order valence-corrected chi connectivity index (χ2v) is 9.12. The van der Waals surface area contributed by atoms with Gasteiger partial charge in [-0.3, -0.25) is 4.79 Å². The number of rotatable bonds is 10. The molecule has 2 aromatic carbocycles. The van der Waals surface area contributed by atoms with E-state index in [2.05, 4.69) is 6.92 Å². The van der Waals surface area contributed by atoms with Crippen molar-refractivity contribution >= 4 is 12.0 Å². The molecule has 2 aliphatic rings. The van der Waals surface area contributed by atoms with Crippen LogP contribution in [0.5, 0.6) is 17.2 Å². The fourth-order valence-corrected chi connectivity index (χ4v) is 4.87. The van der Waals surface area contributed by atoms with Gasteiger partial charge in [0.25, 0.3) is 0 Å². The van der Waals surface area contributed by atoms with Crippen molar-refractivity contribution in [3.8, 4) is 17.2 Å². The highest BCUT2D eigenvalue weighted by atomic mass is 16.7. The van der Waals surface area contributed by atoms with Gasteiger partial charge < -0.3 is 33.9 Å². The lowest BCUT2D eigenvalue weighted by atomic mass is 9.83. The third-order valence-electron chi connectivity index (χ3n) is 6.86. The summed E-state index contributed by atoms with van der Waals surface area (Å²) in [6.45, 7) is 3.99. The molecule has 1 saturated heterocycles. The highest BCUT2D eigenvalue weighted by Gasteiger charge is 2.50. The maximum absolute atomic E-state index is 13.6. The lowest BCUT2D eigenvalue weighted by Gasteiger charge is -2.31. The zero-order valence-corrected chi connectivity index (χ0v) is 21.0. The second-order valence-electron chi connectivity index (χ2n) is 9.12. The van der Waals surface area contributed by atoms with Crippen molar-refractivity contribution in [2.45, 2.75) is 31.7 Å². The summed E-state index contributed by atoms with van der Waals surface area (Å²) >= 11 is 0.